The van der Waals surface area contributed by atoms with Crippen molar-refractivity contribution in [3.8, 4) is 0 Å². The average molecular weight is 353 g/mol. The fraction of sp³-hybridized carbons (Fsp3) is 0.300. The molecule has 0 saturated heterocycles. The quantitative estimate of drug-likeness (QED) is 0.660. The Morgan fingerprint density at radius 1 is 1.16 bits per heavy atom. The van der Waals surface area contributed by atoms with Gasteiger partial charge in [-0.05, 0) is 44.0 Å². The zero-order chi connectivity index (χ0) is 17.8. The summed E-state index contributed by atoms with van der Waals surface area (Å²) in [6, 6.07) is 16.1. The minimum absolute atomic E-state index is 0.123. The van der Waals surface area contributed by atoms with Gasteiger partial charge in [0.2, 0.25) is 5.91 Å². The van der Waals surface area contributed by atoms with Crippen LogP contribution in [0.2, 0.25) is 0 Å². The third kappa shape index (κ3) is 3.87. The summed E-state index contributed by atoms with van der Waals surface area (Å²) in [5.74, 6) is 0.123. The van der Waals surface area contributed by atoms with E-state index in [1.54, 1.807) is 0 Å². The van der Waals surface area contributed by atoms with Crippen molar-refractivity contribution in [2.24, 2.45) is 0 Å². The van der Waals surface area contributed by atoms with E-state index < -0.39 is 0 Å². The van der Waals surface area contributed by atoms with Crippen LogP contribution in [0, 0.1) is 6.92 Å². The molecule has 1 atom stereocenters. The second-order valence-electron chi connectivity index (χ2n) is 5.98. The molecule has 0 unspecified atom stereocenters. The molecule has 0 spiro atoms. The predicted octanol–water partition coefficient (Wildman–Crippen LogP) is 4.57. The molecule has 0 fully saturated rings. The lowest BCUT2D eigenvalue weighted by atomic mass is 10.1. The number of nitrogens with zero attached hydrogens (tertiary/aromatic N) is 2. The molecule has 25 heavy (non-hydrogen) atoms. The number of carbonyl (C=O) groups is 1. The van der Waals surface area contributed by atoms with Crippen LogP contribution in [0.4, 0.5) is 0 Å². The van der Waals surface area contributed by atoms with Crippen molar-refractivity contribution in [2.75, 3.05) is 13.1 Å². The summed E-state index contributed by atoms with van der Waals surface area (Å²) < 4.78 is 0. The summed E-state index contributed by atoms with van der Waals surface area (Å²) in [7, 11) is 0. The Balaban J connectivity index is 1.94. The number of benzene rings is 2. The molecule has 0 aliphatic heterocycles. The highest BCUT2D eigenvalue weighted by atomic mass is 32.2. The van der Waals surface area contributed by atoms with Gasteiger partial charge in [0.05, 0.1) is 11.0 Å². The third-order valence-electron chi connectivity index (χ3n) is 4.25. The third-order valence-corrected chi connectivity index (χ3v) is 5.37. The molecule has 5 heteroatoms. The first-order valence-electron chi connectivity index (χ1n) is 8.59. The second-order valence-corrected chi connectivity index (χ2v) is 7.08. The minimum Gasteiger partial charge on any atom is -0.342 e. The van der Waals surface area contributed by atoms with E-state index in [9.17, 15) is 4.79 Å². The zero-order valence-corrected chi connectivity index (χ0v) is 15.6. The Morgan fingerprint density at radius 2 is 1.88 bits per heavy atom. The number of hydrogen-bond donors (Lipinski definition) is 1. The molecule has 2 aromatic carbocycles. The Kier molecular flexibility index (Phi) is 5.43. The van der Waals surface area contributed by atoms with Crippen LogP contribution in [0.5, 0.6) is 0 Å². The van der Waals surface area contributed by atoms with Crippen molar-refractivity contribution < 1.29 is 4.79 Å². The van der Waals surface area contributed by atoms with Crippen molar-refractivity contribution >= 4 is 28.7 Å². The lowest BCUT2D eigenvalue weighted by Crippen LogP contribution is -2.33. The highest BCUT2D eigenvalue weighted by Crippen LogP contribution is 2.36. The number of amides is 1. The van der Waals surface area contributed by atoms with Gasteiger partial charge in [0, 0.05) is 13.1 Å². The Labute approximate surface area is 152 Å². The lowest BCUT2D eigenvalue weighted by molar-refractivity contribution is -0.130. The first kappa shape index (κ1) is 17.5. The molecule has 1 amide bonds. The van der Waals surface area contributed by atoms with Crippen LogP contribution < -0.4 is 0 Å². The summed E-state index contributed by atoms with van der Waals surface area (Å²) in [4.78, 5) is 22.9. The Hall–Kier alpha value is -2.27. The summed E-state index contributed by atoms with van der Waals surface area (Å²) >= 11 is 1.48. The van der Waals surface area contributed by atoms with E-state index in [0.29, 0.717) is 13.1 Å². The summed E-state index contributed by atoms with van der Waals surface area (Å²) in [6.07, 6.45) is 0. The molecule has 3 aromatic rings. The number of nitrogens with one attached hydrogen (secondary N) is 1. The molecule has 0 saturated carbocycles. The van der Waals surface area contributed by atoms with Crippen molar-refractivity contribution in [3.05, 3.63) is 59.7 Å². The molecule has 0 aliphatic carbocycles. The monoisotopic (exact) mass is 353 g/mol. The molecule has 4 nitrogen and oxygen atoms in total. The molecule has 0 aliphatic rings. The van der Waals surface area contributed by atoms with Crippen LogP contribution in [-0.2, 0) is 4.79 Å². The Bertz CT molecular complexity index is 856. The summed E-state index contributed by atoms with van der Waals surface area (Å²) in [6.45, 7) is 7.50. The average Bonchev–Trinajstić information content (AvgIpc) is 3.03. The maximum absolute atomic E-state index is 13.0. The largest absolute Gasteiger partial charge is 0.342 e. The fourth-order valence-corrected chi connectivity index (χ4v) is 3.94. The van der Waals surface area contributed by atoms with Crippen molar-refractivity contribution in [2.45, 2.75) is 31.2 Å². The lowest BCUT2D eigenvalue weighted by Gasteiger charge is -2.24. The second kappa shape index (κ2) is 7.74. The maximum atomic E-state index is 13.0. The van der Waals surface area contributed by atoms with Crippen molar-refractivity contribution in [3.63, 3.8) is 0 Å². The number of hydrogen-bond acceptors (Lipinski definition) is 3. The van der Waals surface area contributed by atoms with E-state index in [2.05, 4.69) is 23.0 Å². The number of H-pyrrole nitrogens is 1. The SMILES string of the molecule is CCN(CC)C(=O)[C@@H](Sc1nc2ccc(C)cc2[nH]1)c1ccccc1. The van der Waals surface area contributed by atoms with Crippen LogP contribution in [0.25, 0.3) is 11.0 Å². The molecular weight excluding hydrogens is 330 g/mol. The van der Waals surface area contributed by atoms with Gasteiger partial charge < -0.3 is 9.88 Å². The molecule has 0 bridgehead atoms. The Morgan fingerprint density at radius 3 is 2.56 bits per heavy atom. The van der Waals surface area contributed by atoms with Gasteiger partial charge in [-0.25, -0.2) is 4.98 Å². The predicted molar refractivity (Wildman–Crippen MR) is 104 cm³/mol. The van der Waals surface area contributed by atoms with E-state index in [0.717, 1.165) is 21.8 Å². The van der Waals surface area contributed by atoms with Crippen LogP contribution in [0.15, 0.2) is 53.7 Å². The van der Waals surface area contributed by atoms with E-state index in [-0.39, 0.29) is 11.2 Å². The highest BCUT2D eigenvalue weighted by Gasteiger charge is 2.26. The zero-order valence-electron chi connectivity index (χ0n) is 14.8. The van der Waals surface area contributed by atoms with Gasteiger partial charge >= 0.3 is 0 Å². The molecule has 3 rings (SSSR count). The van der Waals surface area contributed by atoms with Crippen LogP contribution >= 0.6 is 11.8 Å². The minimum atomic E-state index is -0.303. The summed E-state index contributed by atoms with van der Waals surface area (Å²) in [5, 5.41) is 0.470. The number of fused-ring (bicyclic) bond motifs is 1. The summed E-state index contributed by atoms with van der Waals surface area (Å²) in [5.41, 5.74) is 4.12. The van der Waals surface area contributed by atoms with Crippen LogP contribution in [-0.4, -0.2) is 33.9 Å². The van der Waals surface area contributed by atoms with E-state index in [1.165, 1.54) is 17.3 Å². The maximum Gasteiger partial charge on any atom is 0.240 e. The number of aromatic amines is 1. The molecule has 1 N–H and O–H groups in total. The number of imidazole rings is 1. The molecule has 130 valence electrons. The first-order valence-corrected chi connectivity index (χ1v) is 9.47. The van der Waals surface area contributed by atoms with E-state index in [4.69, 9.17) is 0 Å². The smallest absolute Gasteiger partial charge is 0.240 e. The number of aryl methyl sites for hydroxylation is 1. The van der Waals surface area contributed by atoms with Crippen LogP contribution in [0.3, 0.4) is 0 Å². The van der Waals surface area contributed by atoms with Crippen LogP contribution in [0.1, 0.15) is 30.2 Å². The van der Waals surface area contributed by atoms with Gasteiger partial charge in [0.1, 0.15) is 5.25 Å². The molecule has 1 heterocycles. The number of rotatable bonds is 6. The molecular formula is C20H23N3OS. The van der Waals surface area contributed by atoms with E-state index >= 15 is 0 Å². The van der Waals surface area contributed by atoms with Gasteiger partial charge in [-0.15, -0.1) is 0 Å². The number of carbonyl (C=O) groups excluding carboxylic acids is 1. The number of likely N-dealkylation sites (N-methyl/N-ethyl adjacent to an activating group) is 1. The normalized spacial score (nSPS) is 12.3. The van der Waals surface area contributed by atoms with Gasteiger partial charge in [-0.2, -0.15) is 0 Å². The van der Waals surface area contributed by atoms with Gasteiger partial charge in [-0.3, -0.25) is 4.79 Å². The molecule has 1 aromatic heterocycles. The standard InChI is InChI=1S/C20H23N3OS/c1-4-23(5-2)19(24)18(15-9-7-6-8-10-15)25-20-21-16-12-11-14(3)13-17(16)22-20/h6-13,18H,4-5H2,1-3H3,(H,21,22)/t18-/m0/s1. The highest BCUT2D eigenvalue weighted by molar-refractivity contribution is 8.00. The van der Waals surface area contributed by atoms with Crippen molar-refractivity contribution in [1.82, 2.24) is 14.9 Å². The van der Waals surface area contributed by atoms with Gasteiger partial charge in [-0.1, -0.05) is 48.2 Å². The first-order chi connectivity index (χ1) is 12.1. The number of thioether (sulfide) groups is 1. The van der Waals surface area contributed by atoms with Crippen molar-refractivity contribution in [1.29, 1.82) is 0 Å². The molecule has 0 radical (unpaired) electrons. The fourth-order valence-electron chi connectivity index (χ4n) is 2.86. The van der Waals surface area contributed by atoms with Gasteiger partial charge in [0.15, 0.2) is 5.16 Å². The number of aromatic nitrogens is 2. The topological polar surface area (TPSA) is 49.0 Å². The van der Waals surface area contributed by atoms with E-state index in [1.807, 2.05) is 61.2 Å². The van der Waals surface area contributed by atoms with Gasteiger partial charge in [0.25, 0.3) is 0 Å².